The predicted molar refractivity (Wildman–Crippen MR) is 87.1 cm³/mol. The van der Waals surface area contributed by atoms with Crippen molar-refractivity contribution in [1.29, 1.82) is 0 Å². The molecule has 0 saturated carbocycles. The van der Waals surface area contributed by atoms with Crippen LogP contribution in [0.5, 0.6) is 0 Å². The van der Waals surface area contributed by atoms with Crippen LogP contribution in [0.3, 0.4) is 0 Å². The molecule has 0 fully saturated rings. The summed E-state index contributed by atoms with van der Waals surface area (Å²) >= 11 is 0. The predicted octanol–water partition coefficient (Wildman–Crippen LogP) is 3.39. The number of fused-ring (bicyclic) bond motifs is 1. The van der Waals surface area contributed by atoms with Crippen molar-refractivity contribution < 1.29 is 0 Å². The van der Waals surface area contributed by atoms with E-state index in [0.717, 1.165) is 11.5 Å². The fourth-order valence-electron chi connectivity index (χ4n) is 2.31. The fourth-order valence-corrected chi connectivity index (χ4v) is 4.02. The van der Waals surface area contributed by atoms with E-state index in [2.05, 4.69) is 56.3 Å². The molecule has 2 aromatic heterocycles. The Morgan fingerprint density at radius 1 is 0.952 bits per heavy atom. The molecule has 0 radical (unpaired) electrons. The van der Waals surface area contributed by atoms with E-state index in [1.807, 2.05) is 18.2 Å². The van der Waals surface area contributed by atoms with Crippen LogP contribution in [0.2, 0.25) is 19.6 Å². The van der Waals surface area contributed by atoms with Gasteiger partial charge in [-0.3, -0.25) is 0 Å². The summed E-state index contributed by atoms with van der Waals surface area (Å²) in [5, 5.41) is 0. The first-order valence-corrected chi connectivity index (χ1v) is 10.3. The van der Waals surface area contributed by atoms with Crippen LogP contribution in [0.1, 0.15) is 0 Å². The molecule has 0 aliphatic carbocycles. The lowest BCUT2D eigenvalue weighted by Gasteiger charge is -2.35. The van der Waals surface area contributed by atoms with E-state index in [1.54, 1.807) is 12.4 Å². The monoisotopic (exact) mass is 295 g/mol. The molecule has 2 heterocycles. The molecule has 0 bridgehead atoms. The second-order valence-electron chi connectivity index (χ2n) is 5.80. The van der Waals surface area contributed by atoms with Crippen LogP contribution in [-0.2, 0) is 0 Å². The van der Waals surface area contributed by atoms with Gasteiger partial charge in [-0.05, 0) is 12.1 Å². The third-order valence-electron chi connectivity index (χ3n) is 3.13. The number of aromatic nitrogens is 4. The molecule has 5 nitrogen and oxygen atoms in total. The first kappa shape index (κ1) is 13.6. The Kier molecular flexibility index (Phi) is 3.38. The number of benzene rings is 1. The molecular weight excluding hydrogens is 278 g/mol. The standard InChI is InChI=1S/C15H17N5Si/c1-21(2,3)20(12-7-5-4-6-8-12)14-10-17-13-9-16-11-18-15(13)19-14/h4-11H,1-3H3. The van der Waals surface area contributed by atoms with Gasteiger partial charge in [-0.1, -0.05) is 37.8 Å². The highest BCUT2D eigenvalue weighted by molar-refractivity contribution is 6.81. The third-order valence-corrected chi connectivity index (χ3v) is 4.96. The molecule has 0 spiro atoms. The highest BCUT2D eigenvalue weighted by Crippen LogP contribution is 2.29. The summed E-state index contributed by atoms with van der Waals surface area (Å²) in [4.78, 5) is 17.3. The van der Waals surface area contributed by atoms with E-state index in [9.17, 15) is 0 Å². The Hall–Kier alpha value is -2.34. The molecule has 0 aliphatic heterocycles. The van der Waals surface area contributed by atoms with Gasteiger partial charge in [0.15, 0.2) is 13.9 Å². The molecule has 3 rings (SSSR count). The van der Waals surface area contributed by atoms with Crippen LogP contribution in [-0.4, -0.2) is 28.2 Å². The molecule has 0 atom stereocenters. The van der Waals surface area contributed by atoms with Crippen LogP contribution in [0.25, 0.3) is 11.2 Å². The number of para-hydroxylation sites is 1. The average molecular weight is 295 g/mol. The number of hydrogen-bond donors (Lipinski definition) is 0. The van der Waals surface area contributed by atoms with Gasteiger partial charge < -0.3 is 4.57 Å². The molecule has 106 valence electrons. The van der Waals surface area contributed by atoms with Gasteiger partial charge in [-0.2, -0.15) is 0 Å². The zero-order valence-electron chi connectivity index (χ0n) is 12.4. The number of anilines is 2. The van der Waals surface area contributed by atoms with Crippen molar-refractivity contribution in [3.05, 3.63) is 49.1 Å². The van der Waals surface area contributed by atoms with Gasteiger partial charge in [-0.25, -0.2) is 19.9 Å². The largest absolute Gasteiger partial charge is 0.353 e. The van der Waals surface area contributed by atoms with E-state index in [0.29, 0.717) is 11.2 Å². The zero-order chi connectivity index (χ0) is 14.9. The fraction of sp³-hybridized carbons (Fsp3) is 0.200. The van der Waals surface area contributed by atoms with Crippen molar-refractivity contribution in [2.24, 2.45) is 0 Å². The molecule has 3 aromatic rings. The minimum absolute atomic E-state index is 0.627. The Balaban J connectivity index is 2.15. The highest BCUT2D eigenvalue weighted by Gasteiger charge is 2.27. The van der Waals surface area contributed by atoms with Gasteiger partial charge in [0, 0.05) is 5.69 Å². The molecular formula is C15H17N5Si. The SMILES string of the molecule is C[Si](C)(C)N(c1ccccc1)c1cnc2cncnc2n1. The van der Waals surface area contributed by atoms with Crippen molar-refractivity contribution in [3.63, 3.8) is 0 Å². The van der Waals surface area contributed by atoms with Crippen LogP contribution in [0.4, 0.5) is 11.5 Å². The minimum atomic E-state index is -1.67. The Morgan fingerprint density at radius 2 is 1.71 bits per heavy atom. The highest BCUT2D eigenvalue weighted by atomic mass is 28.3. The summed E-state index contributed by atoms with van der Waals surface area (Å²) in [7, 11) is -1.67. The topological polar surface area (TPSA) is 54.8 Å². The first-order valence-electron chi connectivity index (χ1n) is 6.84. The maximum absolute atomic E-state index is 4.67. The van der Waals surface area contributed by atoms with Crippen molar-refractivity contribution in [2.75, 3.05) is 4.57 Å². The number of hydrogen-bond acceptors (Lipinski definition) is 5. The maximum Gasteiger partial charge on any atom is 0.183 e. The van der Waals surface area contributed by atoms with Crippen LogP contribution < -0.4 is 4.57 Å². The van der Waals surface area contributed by atoms with E-state index in [1.165, 1.54) is 6.33 Å². The summed E-state index contributed by atoms with van der Waals surface area (Å²) in [6.07, 6.45) is 4.99. The lowest BCUT2D eigenvalue weighted by atomic mass is 10.3. The second-order valence-corrected chi connectivity index (χ2v) is 10.6. The molecule has 0 unspecified atom stereocenters. The maximum atomic E-state index is 4.67. The van der Waals surface area contributed by atoms with Crippen molar-refractivity contribution >= 4 is 30.9 Å². The van der Waals surface area contributed by atoms with E-state index >= 15 is 0 Å². The number of rotatable bonds is 3. The summed E-state index contributed by atoms with van der Waals surface area (Å²) < 4.78 is 2.29. The number of nitrogens with zero attached hydrogens (tertiary/aromatic N) is 5. The molecule has 1 aromatic carbocycles. The van der Waals surface area contributed by atoms with Gasteiger partial charge in [0.25, 0.3) is 0 Å². The Labute approximate surface area is 124 Å². The molecule has 0 amide bonds. The van der Waals surface area contributed by atoms with Crippen molar-refractivity contribution in [3.8, 4) is 0 Å². The molecule has 0 saturated heterocycles. The second kappa shape index (κ2) is 5.21. The minimum Gasteiger partial charge on any atom is -0.353 e. The van der Waals surface area contributed by atoms with Crippen LogP contribution in [0, 0.1) is 0 Å². The smallest absolute Gasteiger partial charge is 0.183 e. The molecule has 21 heavy (non-hydrogen) atoms. The van der Waals surface area contributed by atoms with Crippen molar-refractivity contribution in [1.82, 2.24) is 19.9 Å². The summed E-state index contributed by atoms with van der Waals surface area (Å²) in [5.74, 6) is 0.839. The zero-order valence-corrected chi connectivity index (χ0v) is 13.4. The molecule has 0 N–H and O–H groups in total. The van der Waals surface area contributed by atoms with Gasteiger partial charge in [0.05, 0.1) is 12.4 Å². The Bertz CT molecular complexity index is 755. The van der Waals surface area contributed by atoms with E-state index < -0.39 is 8.24 Å². The Morgan fingerprint density at radius 3 is 2.43 bits per heavy atom. The lowest BCUT2D eigenvalue weighted by molar-refractivity contribution is 1.12. The lowest BCUT2D eigenvalue weighted by Crippen LogP contribution is -2.43. The van der Waals surface area contributed by atoms with Crippen molar-refractivity contribution in [2.45, 2.75) is 19.6 Å². The summed E-state index contributed by atoms with van der Waals surface area (Å²) in [6.45, 7) is 6.85. The van der Waals surface area contributed by atoms with Gasteiger partial charge in [-0.15, -0.1) is 0 Å². The molecule has 0 aliphatic rings. The molecule has 6 heteroatoms. The van der Waals surface area contributed by atoms with Crippen LogP contribution >= 0.6 is 0 Å². The third kappa shape index (κ3) is 2.75. The van der Waals surface area contributed by atoms with Gasteiger partial charge in [0.2, 0.25) is 0 Å². The summed E-state index contributed by atoms with van der Waals surface area (Å²) in [5.41, 5.74) is 2.48. The quantitative estimate of drug-likeness (QED) is 0.693. The first-order chi connectivity index (χ1) is 10.1. The van der Waals surface area contributed by atoms with Gasteiger partial charge >= 0.3 is 0 Å². The van der Waals surface area contributed by atoms with Gasteiger partial charge in [0.1, 0.15) is 17.7 Å². The average Bonchev–Trinajstić information content (AvgIpc) is 2.47. The summed E-state index contributed by atoms with van der Waals surface area (Å²) in [6, 6.07) is 10.3. The van der Waals surface area contributed by atoms with E-state index in [4.69, 9.17) is 0 Å². The van der Waals surface area contributed by atoms with E-state index in [-0.39, 0.29) is 0 Å². The normalized spacial score (nSPS) is 11.6. The van der Waals surface area contributed by atoms with Crippen LogP contribution in [0.15, 0.2) is 49.1 Å².